The van der Waals surface area contributed by atoms with Gasteiger partial charge in [0.2, 0.25) is 0 Å². The van der Waals surface area contributed by atoms with Crippen LogP contribution >= 0.6 is 0 Å². The molecule has 8 nitrogen and oxygen atoms in total. The van der Waals surface area contributed by atoms with E-state index in [1.807, 2.05) is 0 Å². The molecule has 0 unspecified atom stereocenters. The molecule has 0 aliphatic rings. The Morgan fingerprint density at radius 3 is 2.80 bits per heavy atom. The lowest BCUT2D eigenvalue weighted by atomic mass is 10.4. The minimum Gasteiger partial charge on any atom is -0.304 e. The number of amides is 1. The lowest BCUT2D eigenvalue weighted by molar-refractivity contribution is 0.101. The van der Waals surface area contributed by atoms with Gasteiger partial charge in [0.25, 0.3) is 11.5 Å². The second kappa shape index (κ2) is 4.57. The van der Waals surface area contributed by atoms with Crippen molar-refractivity contribution in [2.24, 2.45) is 7.05 Å². The Bertz CT molecular complexity index is 836. The molecule has 0 bridgehead atoms. The maximum Gasteiger partial charge on any atom is 0.275 e. The molecule has 0 saturated heterocycles. The first-order valence-corrected chi connectivity index (χ1v) is 5.78. The molecule has 1 N–H and O–H groups in total. The molecular formula is C12H10N6O2. The highest BCUT2D eigenvalue weighted by atomic mass is 16.2. The first-order chi connectivity index (χ1) is 9.66. The van der Waals surface area contributed by atoms with Gasteiger partial charge in [-0.25, -0.2) is 9.97 Å². The van der Waals surface area contributed by atoms with E-state index in [0.29, 0.717) is 17.2 Å². The normalized spacial score (nSPS) is 10.7. The van der Waals surface area contributed by atoms with E-state index < -0.39 is 5.91 Å². The Morgan fingerprint density at radius 1 is 1.25 bits per heavy atom. The summed E-state index contributed by atoms with van der Waals surface area (Å²) in [5.74, 6) is -0.0547. The first kappa shape index (κ1) is 12.0. The van der Waals surface area contributed by atoms with E-state index in [2.05, 4.69) is 20.3 Å². The second-order valence-corrected chi connectivity index (χ2v) is 4.05. The van der Waals surface area contributed by atoms with Gasteiger partial charge in [0.05, 0.1) is 6.20 Å². The van der Waals surface area contributed by atoms with Crippen molar-refractivity contribution in [1.82, 2.24) is 24.1 Å². The van der Waals surface area contributed by atoms with Crippen molar-refractivity contribution in [3.05, 3.63) is 53.0 Å². The van der Waals surface area contributed by atoms with Crippen LogP contribution in [-0.2, 0) is 7.05 Å². The van der Waals surface area contributed by atoms with Crippen molar-refractivity contribution < 1.29 is 4.79 Å². The first-order valence-electron chi connectivity index (χ1n) is 5.78. The van der Waals surface area contributed by atoms with Crippen LogP contribution in [0.4, 0.5) is 5.82 Å². The third-order valence-electron chi connectivity index (χ3n) is 2.80. The Balaban J connectivity index is 2.02. The van der Waals surface area contributed by atoms with Crippen molar-refractivity contribution in [2.75, 3.05) is 5.32 Å². The van der Waals surface area contributed by atoms with Crippen molar-refractivity contribution in [3.8, 4) is 0 Å². The van der Waals surface area contributed by atoms with E-state index in [4.69, 9.17) is 0 Å². The third-order valence-corrected chi connectivity index (χ3v) is 2.80. The minimum absolute atomic E-state index is 0.254. The van der Waals surface area contributed by atoms with Crippen molar-refractivity contribution in [2.45, 2.75) is 0 Å². The lowest BCUT2D eigenvalue weighted by Gasteiger charge is -2.05. The topological polar surface area (TPSA) is 94.2 Å². The number of aromatic nitrogens is 5. The van der Waals surface area contributed by atoms with E-state index in [1.165, 1.54) is 46.1 Å². The fraction of sp³-hybridized carbons (Fsp3) is 0.0833. The summed E-state index contributed by atoms with van der Waals surface area (Å²) in [6, 6.07) is 2.87. The highest BCUT2D eigenvalue weighted by Crippen LogP contribution is 2.07. The minimum atomic E-state index is -0.391. The molecule has 0 radical (unpaired) electrons. The summed E-state index contributed by atoms with van der Waals surface area (Å²) >= 11 is 0. The Hall–Kier alpha value is -3.03. The van der Waals surface area contributed by atoms with Crippen LogP contribution in [0.15, 0.2) is 41.7 Å². The van der Waals surface area contributed by atoms with E-state index in [1.54, 1.807) is 7.05 Å². The SMILES string of the molecule is Cn1c(C(=O)Nc2cnccn2)cc2nccc(=O)n21. The van der Waals surface area contributed by atoms with Crippen LogP contribution in [0.25, 0.3) is 5.65 Å². The molecule has 1 amide bonds. The largest absolute Gasteiger partial charge is 0.304 e. The van der Waals surface area contributed by atoms with Crippen LogP contribution in [0.3, 0.4) is 0 Å². The molecule has 0 saturated carbocycles. The molecule has 3 aromatic rings. The summed E-state index contributed by atoms with van der Waals surface area (Å²) in [7, 11) is 1.61. The van der Waals surface area contributed by atoms with Crippen LogP contribution in [0.2, 0.25) is 0 Å². The summed E-state index contributed by atoms with van der Waals surface area (Å²) < 4.78 is 2.75. The lowest BCUT2D eigenvalue weighted by Crippen LogP contribution is -2.22. The predicted octanol–water partition coefficient (Wildman–Crippen LogP) is 0.0753. The fourth-order valence-electron chi connectivity index (χ4n) is 1.90. The summed E-state index contributed by atoms with van der Waals surface area (Å²) in [6.45, 7) is 0. The summed E-state index contributed by atoms with van der Waals surface area (Å²) in [5.41, 5.74) is 0.451. The smallest absolute Gasteiger partial charge is 0.275 e. The summed E-state index contributed by atoms with van der Waals surface area (Å²) in [5, 5.41) is 2.60. The van der Waals surface area contributed by atoms with Crippen molar-refractivity contribution in [3.63, 3.8) is 0 Å². The number of hydrogen-bond donors (Lipinski definition) is 1. The van der Waals surface area contributed by atoms with Crippen LogP contribution in [-0.4, -0.2) is 30.1 Å². The van der Waals surface area contributed by atoms with E-state index in [-0.39, 0.29) is 5.56 Å². The second-order valence-electron chi connectivity index (χ2n) is 4.05. The zero-order valence-corrected chi connectivity index (χ0v) is 10.5. The van der Waals surface area contributed by atoms with Gasteiger partial charge in [0.15, 0.2) is 11.5 Å². The zero-order valence-electron chi connectivity index (χ0n) is 10.5. The number of aryl methyl sites for hydroxylation is 1. The van der Waals surface area contributed by atoms with Gasteiger partial charge in [-0.05, 0) is 0 Å². The average molecular weight is 270 g/mol. The van der Waals surface area contributed by atoms with E-state index >= 15 is 0 Å². The highest BCUT2D eigenvalue weighted by Gasteiger charge is 2.15. The molecule has 0 aromatic carbocycles. The van der Waals surface area contributed by atoms with Gasteiger partial charge in [-0.3, -0.25) is 19.3 Å². The standard InChI is InChI=1S/C12H10N6O2/c1-17-8(6-10-15-3-2-11(19)18(10)17)12(20)16-9-7-13-4-5-14-9/h2-7H,1H3,(H,14,16,20). The number of nitrogens with zero attached hydrogens (tertiary/aromatic N) is 5. The van der Waals surface area contributed by atoms with Crippen LogP contribution in [0.5, 0.6) is 0 Å². The molecule has 3 aromatic heterocycles. The molecule has 0 spiro atoms. The predicted molar refractivity (Wildman–Crippen MR) is 70.4 cm³/mol. The number of fused-ring (bicyclic) bond motifs is 1. The number of carbonyl (C=O) groups excluding carboxylic acids is 1. The number of hydrogen-bond acceptors (Lipinski definition) is 5. The maximum absolute atomic E-state index is 12.2. The number of rotatable bonds is 2. The summed E-state index contributed by atoms with van der Waals surface area (Å²) in [4.78, 5) is 35.8. The molecule has 0 atom stereocenters. The highest BCUT2D eigenvalue weighted by molar-refractivity contribution is 6.03. The van der Waals surface area contributed by atoms with Gasteiger partial charge in [-0.2, -0.15) is 4.52 Å². The van der Waals surface area contributed by atoms with E-state index in [9.17, 15) is 9.59 Å². The van der Waals surface area contributed by atoms with Gasteiger partial charge in [-0.15, -0.1) is 0 Å². The van der Waals surface area contributed by atoms with Gasteiger partial charge in [0.1, 0.15) is 5.69 Å². The van der Waals surface area contributed by atoms with E-state index in [0.717, 1.165) is 0 Å². The number of carbonyl (C=O) groups is 1. The van der Waals surface area contributed by atoms with Gasteiger partial charge < -0.3 is 5.32 Å². The quantitative estimate of drug-likeness (QED) is 0.711. The number of anilines is 1. The van der Waals surface area contributed by atoms with Gasteiger partial charge in [0, 0.05) is 37.8 Å². The van der Waals surface area contributed by atoms with Gasteiger partial charge >= 0.3 is 0 Å². The van der Waals surface area contributed by atoms with Crippen LogP contribution < -0.4 is 10.9 Å². The molecule has 0 fully saturated rings. The Labute approximate surface area is 112 Å². The fourth-order valence-corrected chi connectivity index (χ4v) is 1.90. The Kier molecular flexibility index (Phi) is 2.75. The monoisotopic (exact) mass is 270 g/mol. The van der Waals surface area contributed by atoms with Gasteiger partial charge in [-0.1, -0.05) is 0 Å². The molecular weight excluding hydrogens is 260 g/mol. The average Bonchev–Trinajstić information content (AvgIpc) is 2.79. The molecule has 3 heterocycles. The van der Waals surface area contributed by atoms with Crippen molar-refractivity contribution >= 4 is 17.4 Å². The third kappa shape index (κ3) is 1.92. The molecule has 100 valence electrons. The molecule has 8 heteroatoms. The van der Waals surface area contributed by atoms with Crippen LogP contribution in [0, 0.1) is 0 Å². The van der Waals surface area contributed by atoms with Crippen molar-refractivity contribution in [1.29, 1.82) is 0 Å². The molecule has 0 aliphatic heterocycles. The summed E-state index contributed by atoms with van der Waals surface area (Å²) in [6.07, 6.45) is 5.83. The molecule has 20 heavy (non-hydrogen) atoms. The maximum atomic E-state index is 12.2. The zero-order chi connectivity index (χ0) is 14.1. The Morgan fingerprint density at radius 2 is 2.10 bits per heavy atom. The number of nitrogens with one attached hydrogen (secondary N) is 1. The molecule has 0 aliphatic carbocycles. The molecule has 3 rings (SSSR count). The van der Waals surface area contributed by atoms with Crippen LogP contribution in [0.1, 0.15) is 10.5 Å².